The fourth-order valence-corrected chi connectivity index (χ4v) is 3.21. The number of carbonyl (C=O) groups is 1. The van der Waals surface area contributed by atoms with E-state index in [0.29, 0.717) is 13.2 Å². The Kier molecular flexibility index (Phi) is 5.71. The summed E-state index contributed by atoms with van der Waals surface area (Å²) in [5.74, 6) is -0.0698. The van der Waals surface area contributed by atoms with Crippen LogP contribution in [0.5, 0.6) is 0 Å². The predicted octanol–water partition coefficient (Wildman–Crippen LogP) is 3.29. The van der Waals surface area contributed by atoms with Crippen LogP contribution in [-0.2, 0) is 29.0 Å². The van der Waals surface area contributed by atoms with Crippen LogP contribution in [0.4, 0.5) is 5.69 Å². The van der Waals surface area contributed by atoms with E-state index < -0.39 is 6.10 Å². The number of nitrogens with one attached hydrogen (secondary N) is 1. The lowest BCUT2D eigenvalue weighted by molar-refractivity contribution is -0.131. The number of carbonyl (C=O) groups excluding carboxylic acids is 1. The van der Waals surface area contributed by atoms with E-state index in [-0.39, 0.29) is 5.91 Å². The second kappa shape index (κ2) is 8.17. The Morgan fingerprint density at radius 2 is 1.88 bits per heavy atom. The molecule has 4 heteroatoms. The Morgan fingerprint density at radius 1 is 1.16 bits per heavy atom. The van der Waals surface area contributed by atoms with Gasteiger partial charge in [-0.15, -0.1) is 0 Å². The van der Waals surface area contributed by atoms with Gasteiger partial charge in [0.25, 0.3) is 0 Å². The lowest BCUT2D eigenvalue weighted by Gasteiger charge is -2.19. The van der Waals surface area contributed by atoms with E-state index in [4.69, 9.17) is 4.74 Å². The largest absolute Gasteiger partial charge is 0.369 e. The third-order valence-corrected chi connectivity index (χ3v) is 4.63. The molecule has 0 saturated heterocycles. The summed E-state index contributed by atoms with van der Waals surface area (Å²) < 4.78 is 5.30. The van der Waals surface area contributed by atoms with Gasteiger partial charge in [0.15, 0.2) is 0 Å². The number of amides is 1. The van der Waals surface area contributed by atoms with E-state index in [1.54, 1.807) is 6.92 Å². The van der Waals surface area contributed by atoms with Gasteiger partial charge >= 0.3 is 0 Å². The fourth-order valence-electron chi connectivity index (χ4n) is 3.21. The Balaban J connectivity index is 1.54. The van der Waals surface area contributed by atoms with Crippen molar-refractivity contribution in [1.82, 2.24) is 5.32 Å². The standard InChI is InChI=1S/C21H26N2O2/c1-3-25-16(2)21(24)22-14-17-8-10-18(11-9-17)15-23-13-12-19-6-4-5-7-20(19)23/h4-11,16H,3,12-15H2,1-2H3,(H,22,24). The highest BCUT2D eigenvalue weighted by Gasteiger charge is 2.18. The summed E-state index contributed by atoms with van der Waals surface area (Å²) in [6.07, 6.45) is 0.720. The Morgan fingerprint density at radius 3 is 2.64 bits per heavy atom. The van der Waals surface area contributed by atoms with Gasteiger partial charge in [0.1, 0.15) is 6.10 Å². The normalized spacial score (nSPS) is 14.2. The maximum Gasteiger partial charge on any atom is 0.249 e. The minimum atomic E-state index is -0.403. The van der Waals surface area contributed by atoms with Crippen molar-refractivity contribution in [3.8, 4) is 0 Å². The summed E-state index contributed by atoms with van der Waals surface area (Å²) in [5, 5.41) is 2.91. The van der Waals surface area contributed by atoms with Crippen LogP contribution < -0.4 is 10.2 Å². The van der Waals surface area contributed by atoms with Gasteiger partial charge in [0, 0.05) is 31.9 Å². The van der Waals surface area contributed by atoms with Crippen LogP contribution in [0.25, 0.3) is 0 Å². The van der Waals surface area contributed by atoms with Crippen LogP contribution in [0, 0.1) is 0 Å². The molecule has 0 bridgehead atoms. The number of ether oxygens (including phenoxy) is 1. The molecule has 25 heavy (non-hydrogen) atoms. The topological polar surface area (TPSA) is 41.6 Å². The predicted molar refractivity (Wildman–Crippen MR) is 101 cm³/mol. The zero-order valence-electron chi connectivity index (χ0n) is 15.0. The molecule has 1 aliphatic rings. The second-order valence-corrected chi connectivity index (χ2v) is 6.43. The molecule has 0 aliphatic carbocycles. The fraction of sp³-hybridized carbons (Fsp3) is 0.381. The van der Waals surface area contributed by atoms with Gasteiger partial charge in [-0.25, -0.2) is 0 Å². The van der Waals surface area contributed by atoms with Gasteiger partial charge in [0.05, 0.1) is 0 Å². The third-order valence-electron chi connectivity index (χ3n) is 4.63. The summed E-state index contributed by atoms with van der Waals surface area (Å²) in [4.78, 5) is 14.3. The first-order valence-corrected chi connectivity index (χ1v) is 8.97. The van der Waals surface area contributed by atoms with E-state index in [1.165, 1.54) is 16.8 Å². The van der Waals surface area contributed by atoms with E-state index in [1.807, 2.05) is 6.92 Å². The maximum absolute atomic E-state index is 11.9. The van der Waals surface area contributed by atoms with Crippen LogP contribution in [-0.4, -0.2) is 25.2 Å². The number of rotatable bonds is 7. The molecule has 1 atom stereocenters. The van der Waals surface area contributed by atoms with E-state index in [0.717, 1.165) is 25.1 Å². The van der Waals surface area contributed by atoms with Crippen molar-refractivity contribution >= 4 is 11.6 Å². The van der Waals surface area contributed by atoms with Crippen molar-refractivity contribution in [2.45, 2.75) is 39.5 Å². The van der Waals surface area contributed by atoms with Crippen molar-refractivity contribution < 1.29 is 9.53 Å². The van der Waals surface area contributed by atoms with Crippen LogP contribution in [0.3, 0.4) is 0 Å². The number of hydrogen-bond donors (Lipinski definition) is 1. The zero-order valence-corrected chi connectivity index (χ0v) is 15.0. The average Bonchev–Trinajstić information content (AvgIpc) is 3.04. The molecule has 132 valence electrons. The van der Waals surface area contributed by atoms with E-state index >= 15 is 0 Å². The Bertz CT molecular complexity index is 712. The van der Waals surface area contributed by atoms with Crippen LogP contribution in [0.2, 0.25) is 0 Å². The quantitative estimate of drug-likeness (QED) is 0.842. The highest BCUT2D eigenvalue weighted by atomic mass is 16.5. The van der Waals surface area contributed by atoms with Crippen molar-refractivity contribution in [2.75, 3.05) is 18.1 Å². The molecule has 2 aromatic rings. The second-order valence-electron chi connectivity index (χ2n) is 6.43. The molecule has 1 unspecified atom stereocenters. The molecule has 1 amide bonds. The zero-order chi connectivity index (χ0) is 17.6. The van der Waals surface area contributed by atoms with Crippen molar-refractivity contribution in [2.24, 2.45) is 0 Å². The first-order valence-electron chi connectivity index (χ1n) is 8.97. The number of fused-ring (bicyclic) bond motifs is 1. The van der Waals surface area contributed by atoms with Gasteiger partial charge in [-0.3, -0.25) is 4.79 Å². The number of hydrogen-bond acceptors (Lipinski definition) is 3. The molecule has 0 radical (unpaired) electrons. The SMILES string of the molecule is CCOC(C)C(=O)NCc1ccc(CN2CCc3ccccc32)cc1. The molecule has 2 aromatic carbocycles. The summed E-state index contributed by atoms with van der Waals surface area (Å²) in [5.41, 5.74) is 5.17. The first kappa shape index (κ1) is 17.5. The molecular formula is C21H26N2O2. The van der Waals surface area contributed by atoms with Gasteiger partial charge in [-0.05, 0) is 43.0 Å². The monoisotopic (exact) mass is 338 g/mol. The Labute approximate surface area is 149 Å². The van der Waals surface area contributed by atoms with Gasteiger partial charge in [-0.2, -0.15) is 0 Å². The molecule has 0 fully saturated rings. The van der Waals surface area contributed by atoms with Gasteiger partial charge < -0.3 is 15.0 Å². The molecule has 3 rings (SSSR count). The summed E-state index contributed by atoms with van der Waals surface area (Å²) in [7, 11) is 0. The lowest BCUT2D eigenvalue weighted by atomic mass is 10.1. The molecule has 1 heterocycles. The summed E-state index contributed by atoms with van der Waals surface area (Å²) in [6.45, 7) is 6.74. The van der Waals surface area contributed by atoms with Crippen molar-refractivity contribution in [1.29, 1.82) is 0 Å². The number of nitrogens with zero attached hydrogens (tertiary/aromatic N) is 1. The summed E-state index contributed by atoms with van der Waals surface area (Å²) >= 11 is 0. The van der Waals surface area contributed by atoms with E-state index in [2.05, 4.69) is 58.7 Å². The highest BCUT2D eigenvalue weighted by molar-refractivity contribution is 5.80. The van der Waals surface area contributed by atoms with Crippen LogP contribution in [0.1, 0.15) is 30.5 Å². The van der Waals surface area contributed by atoms with Crippen molar-refractivity contribution in [3.63, 3.8) is 0 Å². The minimum absolute atomic E-state index is 0.0698. The average molecular weight is 338 g/mol. The molecule has 4 nitrogen and oxygen atoms in total. The van der Waals surface area contributed by atoms with Gasteiger partial charge in [0.2, 0.25) is 5.91 Å². The Hall–Kier alpha value is -2.33. The first-order chi connectivity index (χ1) is 12.2. The smallest absolute Gasteiger partial charge is 0.249 e. The van der Waals surface area contributed by atoms with E-state index in [9.17, 15) is 4.79 Å². The highest BCUT2D eigenvalue weighted by Crippen LogP contribution is 2.28. The minimum Gasteiger partial charge on any atom is -0.369 e. The number of benzene rings is 2. The van der Waals surface area contributed by atoms with Crippen molar-refractivity contribution in [3.05, 3.63) is 65.2 Å². The number of anilines is 1. The maximum atomic E-state index is 11.9. The molecular weight excluding hydrogens is 312 g/mol. The third kappa shape index (κ3) is 4.40. The molecule has 1 aliphatic heterocycles. The molecule has 0 aromatic heterocycles. The lowest BCUT2D eigenvalue weighted by Crippen LogP contribution is -2.34. The van der Waals surface area contributed by atoms with Gasteiger partial charge in [-0.1, -0.05) is 42.5 Å². The number of para-hydroxylation sites is 1. The van der Waals surface area contributed by atoms with Crippen LogP contribution in [0.15, 0.2) is 48.5 Å². The summed E-state index contributed by atoms with van der Waals surface area (Å²) in [6, 6.07) is 17.1. The molecule has 0 spiro atoms. The molecule has 0 saturated carbocycles. The molecule has 1 N–H and O–H groups in total. The van der Waals surface area contributed by atoms with Crippen LogP contribution >= 0.6 is 0 Å².